The maximum absolute atomic E-state index is 12.2. The van der Waals surface area contributed by atoms with Gasteiger partial charge in [-0.1, -0.05) is 24.8 Å². The highest BCUT2D eigenvalue weighted by atomic mass is 19.3. The van der Waals surface area contributed by atoms with E-state index in [1.807, 2.05) is 0 Å². The minimum atomic E-state index is -2.84. The Morgan fingerprint density at radius 2 is 2.20 bits per heavy atom. The summed E-state index contributed by atoms with van der Waals surface area (Å²) in [5.41, 5.74) is 7.17. The summed E-state index contributed by atoms with van der Waals surface area (Å²) in [6.07, 6.45) is 0. The van der Waals surface area contributed by atoms with Crippen LogP contribution in [0.2, 0.25) is 0 Å². The summed E-state index contributed by atoms with van der Waals surface area (Å²) in [5.74, 6) is 0.156. The van der Waals surface area contributed by atoms with Crippen LogP contribution in [0.15, 0.2) is 24.8 Å². The van der Waals surface area contributed by atoms with Crippen molar-refractivity contribution >= 4 is 5.57 Å². The third-order valence-corrected chi connectivity index (χ3v) is 2.05. The van der Waals surface area contributed by atoms with E-state index in [9.17, 15) is 8.78 Å². The molecule has 2 nitrogen and oxygen atoms in total. The van der Waals surface area contributed by atoms with Gasteiger partial charge in [0.2, 0.25) is 0 Å². The van der Waals surface area contributed by atoms with Crippen LogP contribution in [0.1, 0.15) is 11.1 Å². The topological polar surface area (TPSA) is 35.2 Å². The van der Waals surface area contributed by atoms with Crippen LogP contribution < -0.4 is 10.5 Å². The number of halogens is 2. The summed E-state index contributed by atoms with van der Waals surface area (Å²) in [7, 11) is 0. The zero-order valence-electron chi connectivity index (χ0n) is 8.47. The van der Waals surface area contributed by atoms with Crippen molar-refractivity contribution in [2.24, 2.45) is 5.73 Å². The van der Waals surface area contributed by atoms with E-state index < -0.39 is 6.61 Å². The molecule has 0 aliphatic heterocycles. The van der Waals surface area contributed by atoms with Gasteiger partial charge in [-0.3, -0.25) is 0 Å². The lowest BCUT2D eigenvalue weighted by atomic mass is 10.0. The van der Waals surface area contributed by atoms with Gasteiger partial charge in [-0.25, -0.2) is 0 Å². The highest BCUT2D eigenvalue weighted by Gasteiger charge is 2.13. The molecule has 0 unspecified atom stereocenters. The minimum Gasteiger partial charge on any atom is -0.434 e. The molecular formula is C11H13F2NO. The quantitative estimate of drug-likeness (QED) is 0.834. The molecule has 0 bridgehead atoms. The molecule has 0 radical (unpaired) electrons. The molecule has 0 atom stereocenters. The van der Waals surface area contributed by atoms with Crippen LogP contribution in [-0.2, 0) is 0 Å². The lowest BCUT2D eigenvalue weighted by Crippen LogP contribution is -2.08. The smallest absolute Gasteiger partial charge is 0.387 e. The van der Waals surface area contributed by atoms with E-state index in [0.717, 1.165) is 0 Å². The number of hydrogen-bond acceptors (Lipinski definition) is 2. The average molecular weight is 213 g/mol. The second kappa shape index (κ2) is 4.89. The molecule has 1 aromatic rings. The van der Waals surface area contributed by atoms with Crippen molar-refractivity contribution in [3.05, 3.63) is 35.9 Å². The Morgan fingerprint density at radius 1 is 1.53 bits per heavy atom. The molecule has 4 heteroatoms. The second-order valence-electron chi connectivity index (χ2n) is 3.14. The fourth-order valence-electron chi connectivity index (χ4n) is 1.29. The predicted molar refractivity (Wildman–Crippen MR) is 55.9 cm³/mol. The van der Waals surface area contributed by atoms with Crippen molar-refractivity contribution in [2.75, 3.05) is 6.54 Å². The fraction of sp³-hybridized carbons (Fsp3) is 0.273. The van der Waals surface area contributed by atoms with E-state index in [1.165, 1.54) is 0 Å². The normalized spacial score (nSPS) is 10.5. The maximum atomic E-state index is 12.2. The van der Waals surface area contributed by atoms with E-state index >= 15 is 0 Å². The standard InChI is InChI=1S/C11H13F2NO/c1-7-4-3-5-9(8(2)6-14)10(7)15-11(12)13/h3-5,11H,2,6,14H2,1H3. The van der Waals surface area contributed by atoms with Crippen molar-refractivity contribution < 1.29 is 13.5 Å². The van der Waals surface area contributed by atoms with E-state index in [-0.39, 0.29) is 12.3 Å². The molecule has 82 valence electrons. The van der Waals surface area contributed by atoms with E-state index in [1.54, 1.807) is 25.1 Å². The fourth-order valence-corrected chi connectivity index (χ4v) is 1.29. The van der Waals surface area contributed by atoms with Crippen LogP contribution in [0.25, 0.3) is 5.57 Å². The molecular weight excluding hydrogens is 200 g/mol. The number of rotatable bonds is 4. The van der Waals surface area contributed by atoms with Crippen LogP contribution in [0, 0.1) is 6.92 Å². The first kappa shape index (κ1) is 11.7. The van der Waals surface area contributed by atoms with E-state index in [0.29, 0.717) is 16.7 Å². The van der Waals surface area contributed by atoms with Crippen molar-refractivity contribution in [3.8, 4) is 5.75 Å². The van der Waals surface area contributed by atoms with Gasteiger partial charge in [0.1, 0.15) is 5.75 Å². The monoisotopic (exact) mass is 213 g/mol. The lowest BCUT2D eigenvalue weighted by Gasteiger charge is -2.13. The Kier molecular flexibility index (Phi) is 3.80. The molecule has 2 N–H and O–H groups in total. The Balaban J connectivity index is 3.14. The first-order valence-electron chi connectivity index (χ1n) is 4.49. The van der Waals surface area contributed by atoms with Gasteiger partial charge in [-0.2, -0.15) is 8.78 Å². The number of benzene rings is 1. The number of ether oxygens (including phenoxy) is 1. The zero-order valence-corrected chi connectivity index (χ0v) is 8.47. The van der Waals surface area contributed by atoms with Gasteiger partial charge in [0.25, 0.3) is 0 Å². The molecule has 1 aromatic carbocycles. The molecule has 15 heavy (non-hydrogen) atoms. The number of para-hydroxylation sites is 1. The molecule has 0 aliphatic carbocycles. The van der Waals surface area contributed by atoms with Gasteiger partial charge in [-0.15, -0.1) is 0 Å². The Hall–Kier alpha value is -1.42. The first-order valence-corrected chi connectivity index (χ1v) is 4.49. The third-order valence-electron chi connectivity index (χ3n) is 2.05. The summed E-state index contributed by atoms with van der Waals surface area (Å²) in [6.45, 7) is 2.78. The van der Waals surface area contributed by atoms with Crippen LogP contribution in [-0.4, -0.2) is 13.2 Å². The Morgan fingerprint density at radius 3 is 2.73 bits per heavy atom. The second-order valence-corrected chi connectivity index (χ2v) is 3.14. The summed E-state index contributed by atoms with van der Waals surface area (Å²) in [4.78, 5) is 0. The van der Waals surface area contributed by atoms with Crippen molar-refractivity contribution in [3.63, 3.8) is 0 Å². The van der Waals surface area contributed by atoms with Crippen LogP contribution in [0.4, 0.5) is 8.78 Å². The molecule has 0 saturated carbocycles. The van der Waals surface area contributed by atoms with Gasteiger partial charge in [0.15, 0.2) is 0 Å². The number of nitrogens with two attached hydrogens (primary N) is 1. The van der Waals surface area contributed by atoms with Crippen molar-refractivity contribution in [1.82, 2.24) is 0 Å². The van der Waals surface area contributed by atoms with Gasteiger partial charge >= 0.3 is 6.61 Å². The van der Waals surface area contributed by atoms with Gasteiger partial charge in [0, 0.05) is 12.1 Å². The maximum Gasteiger partial charge on any atom is 0.387 e. The first-order chi connectivity index (χ1) is 7.06. The highest BCUT2D eigenvalue weighted by Crippen LogP contribution is 2.29. The highest BCUT2D eigenvalue weighted by molar-refractivity contribution is 5.71. The summed E-state index contributed by atoms with van der Waals surface area (Å²) in [5, 5.41) is 0. The van der Waals surface area contributed by atoms with Crippen molar-refractivity contribution in [1.29, 1.82) is 0 Å². The molecule has 0 fully saturated rings. The van der Waals surface area contributed by atoms with Crippen LogP contribution >= 0.6 is 0 Å². The zero-order chi connectivity index (χ0) is 11.4. The number of alkyl halides is 2. The molecule has 0 heterocycles. The van der Waals surface area contributed by atoms with Crippen LogP contribution in [0.5, 0.6) is 5.75 Å². The largest absolute Gasteiger partial charge is 0.434 e. The Labute approximate surface area is 87.4 Å². The molecule has 0 saturated heterocycles. The number of aryl methyl sites for hydroxylation is 1. The summed E-state index contributed by atoms with van der Waals surface area (Å²) < 4.78 is 28.8. The lowest BCUT2D eigenvalue weighted by molar-refractivity contribution is -0.0504. The molecule has 0 spiro atoms. The summed E-state index contributed by atoms with van der Waals surface area (Å²) >= 11 is 0. The molecule has 0 amide bonds. The number of hydrogen-bond donors (Lipinski definition) is 1. The van der Waals surface area contributed by atoms with Crippen molar-refractivity contribution in [2.45, 2.75) is 13.5 Å². The van der Waals surface area contributed by atoms with Gasteiger partial charge < -0.3 is 10.5 Å². The van der Waals surface area contributed by atoms with Crippen LogP contribution in [0.3, 0.4) is 0 Å². The average Bonchev–Trinajstić information content (AvgIpc) is 2.19. The molecule has 0 aliphatic rings. The van der Waals surface area contributed by atoms with E-state index in [2.05, 4.69) is 11.3 Å². The predicted octanol–water partition coefficient (Wildman–Crippen LogP) is 2.57. The van der Waals surface area contributed by atoms with Gasteiger partial charge in [-0.05, 0) is 18.1 Å². The molecule has 0 aromatic heterocycles. The van der Waals surface area contributed by atoms with E-state index in [4.69, 9.17) is 5.73 Å². The molecule has 1 rings (SSSR count). The SMILES string of the molecule is C=C(CN)c1cccc(C)c1OC(F)F. The van der Waals surface area contributed by atoms with Gasteiger partial charge in [0.05, 0.1) is 0 Å². The summed E-state index contributed by atoms with van der Waals surface area (Å²) in [6, 6.07) is 5.12. The minimum absolute atomic E-state index is 0.156. The third kappa shape index (κ3) is 2.76. The Bertz CT molecular complexity index is 364.